The highest BCUT2D eigenvalue weighted by molar-refractivity contribution is 5.83. The van der Waals surface area contributed by atoms with Crippen molar-refractivity contribution in [3.8, 4) is 12.3 Å². The third-order valence-corrected chi connectivity index (χ3v) is 3.26. The molecule has 2 aromatic heterocycles. The van der Waals surface area contributed by atoms with Gasteiger partial charge in [0.1, 0.15) is 0 Å². The van der Waals surface area contributed by atoms with Gasteiger partial charge in [0.05, 0.1) is 12.7 Å². The Labute approximate surface area is 111 Å². The summed E-state index contributed by atoms with van der Waals surface area (Å²) in [6, 6.07) is 8.25. The maximum absolute atomic E-state index is 5.63. The molecule has 1 aromatic carbocycles. The van der Waals surface area contributed by atoms with Crippen LogP contribution in [0.5, 0.6) is 0 Å². The fourth-order valence-electron chi connectivity index (χ4n) is 2.30. The van der Waals surface area contributed by atoms with Gasteiger partial charge in [0.2, 0.25) is 0 Å². The number of benzene rings is 1. The molecule has 19 heavy (non-hydrogen) atoms. The second-order valence-electron chi connectivity index (χ2n) is 4.55. The Bertz CT molecular complexity index is 703. The molecule has 4 heteroatoms. The number of para-hydroxylation sites is 1. The zero-order valence-corrected chi connectivity index (χ0v) is 10.5. The number of H-pyrrole nitrogens is 1. The molecule has 1 unspecified atom stereocenters. The minimum atomic E-state index is 0.112. The van der Waals surface area contributed by atoms with Gasteiger partial charge >= 0.3 is 0 Å². The van der Waals surface area contributed by atoms with Gasteiger partial charge in [-0.25, -0.2) is 0 Å². The first kappa shape index (κ1) is 11.5. The number of hydrogen-bond acceptors (Lipinski definition) is 2. The number of terminal acetylenes is 1. The normalized spacial score (nSPS) is 12.4. The Morgan fingerprint density at radius 3 is 3.05 bits per heavy atom. The molecule has 0 aliphatic heterocycles. The number of fused-ring (bicyclic) bond motifs is 1. The van der Waals surface area contributed by atoms with Crippen LogP contribution in [0.15, 0.2) is 42.9 Å². The lowest BCUT2D eigenvalue weighted by Gasteiger charge is -2.09. The Hall–Kier alpha value is -2.54. The summed E-state index contributed by atoms with van der Waals surface area (Å²) in [5.41, 5.74) is 2.40. The van der Waals surface area contributed by atoms with E-state index in [-0.39, 0.29) is 5.92 Å². The number of rotatable bonds is 4. The summed E-state index contributed by atoms with van der Waals surface area (Å²) in [4.78, 5) is 3.27. The van der Waals surface area contributed by atoms with Crippen LogP contribution in [0.1, 0.15) is 5.56 Å². The van der Waals surface area contributed by atoms with Crippen molar-refractivity contribution in [2.45, 2.75) is 13.0 Å². The van der Waals surface area contributed by atoms with E-state index in [9.17, 15) is 0 Å². The summed E-state index contributed by atoms with van der Waals surface area (Å²) in [5.74, 6) is 2.95. The van der Waals surface area contributed by atoms with Crippen molar-refractivity contribution in [3.05, 3.63) is 48.4 Å². The first-order valence-electron chi connectivity index (χ1n) is 6.22. The van der Waals surface area contributed by atoms with Gasteiger partial charge in [0.25, 0.3) is 0 Å². The number of hydrogen-bond donors (Lipinski definition) is 1. The average molecular weight is 250 g/mol. The number of nitrogens with zero attached hydrogens (tertiary/aromatic N) is 3. The van der Waals surface area contributed by atoms with Gasteiger partial charge in [-0.3, -0.25) is 4.68 Å². The van der Waals surface area contributed by atoms with Crippen LogP contribution in [-0.2, 0) is 13.0 Å². The first-order valence-corrected chi connectivity index (χ1v) is 6.22. The molecule has 0 saturated heterocycles. The van der Waals surface area contributed by atoms with Crippen molar-refractivity contribution in [3.63, 3.8) is 0 Å². The van der Waals surface area contributed by atoms with Gasteiger partial charge in [0.15, 0.2) is 0 Å². The van der Waals surface area contributed by atoms with Gasteiger partial charge in [-0.1, -0.05) is 23.4 Å². The lowest BCUT2D eigenvalue weighted by molar-refractivity contribution is 0.489. The van der Waals surface area contributed by atoms with Crippen LogP contribution in [0.4, 0.5) is 0 Å². The van der Waals surface area contributed by atoms with E-state index in [2.05, 4.69) is 33.3 Å². The molecule has 0 aliphatic rings. The molecule has 0 aliphatic carbocycles. The van der Waals surface area contributed by atoms with E-state index in [4.69, 9.17) is 6.42 Å². The molecule has 2 heterocycles. The van der Waals surface area contributed by atoms with E-state index < -0.39 is 0 Å². The van der Waals surface area contributed by atoms with E-state index >= 15 is 0 Å². The molecule has 3 rings (SSSR count). The number of nitrogens with one attached hydrogen (secondary N) is 1. The van der Waals surface area contributed by atoms with E-state index in [1.165, 1.54) is 10.9 Å². The summed E-state index contributed by atoms with van der Waals surface area (Å²) in [5, 5.41) is 8.99. The molecular formula is C15H14N4. The lowest BCUT2D eigenvalue weighted by atomic mass is 9.99. The Morgan fingerprint density at radius 1 is 1.37 bits per heavy atom. The molecule has 0 bridgehead atoms. The maximum Gasteiger partial charge on any atom is 0.0692 e. The summed E-state index contributed by atoms with van der Waals surface area (Å²) in [6.07, 6.45) is 12.0. The van der Waals surface area contributed by atoms with Gasteiger partial charge < -0.3 is 4.98 Å². The van der Waals surface area contributed by atoms with Crippen molar-refractivity contribution in [1.29, 1.82) is 0 Å². The molecule has 1 N–H and O–H groups in total. The highest BCUT2D eigenvalue weighted by atomic mass is 15.4. The third-order valence-electron chi connectivity index (χ3n) is 3.26. The minimum Gasteiger partial charge on any atom is -0.361 e. The zero-order valence-electron chi connectivity index (χ0n) is 10.5. The highest BCUT2D eigenvalue weighted by Gasteiger charge is 2.11. The summed E-state index contributed by atoms with van der Waals surface area (Å²) in [7, 11) is 0. The molecule has 0 fully saturated rings. The number of aromatic nitrogens is 4. The van der Waals surface area contributed by atoms with Crippen molar-refractivity contribution >= 4 is 10.9 Å². The minimum absolute atomic E-state index is 0.112. The largest absolute Gasteiger partial charge is 0.361 e. The van der Waals surface area contributed by atoms with Crippen LogP contribution in [0.2, 0.25) is 0 Å². The van der Waals surface area contributed by atoms with Crippen molar-refractivity contribution in [1.82, 2.24) is 20.0 Å². The molecule has 0 saturated carbocycles. The summed E-state index contributed by atoms with van der Waals surface area (Å²) in [6.45, 7) is 0.690. The molecule has 0 radical (unpaired) electrons. The van der Waals surface area contributed by atoms with Crippen molar-refractivity contribution < 1.29 is 0 Å². The Morgan fingerprint density at radius 2 is 2.26 bits per heavy atom. The molecular weight excluding hydrogens is 236 g/mol. The quantitative estimate of drug-likeness (QED) is 0.722. The second kappa shape index (κ2) is 4.99. The Balaban J connectivity index is 1.81. The number of aromatic amines is 1. The molecule has 0 amide bonds. The lowest BCUT2D eigenvalue weighted by Crippen LogP contribution is -2.12. The smallest absolute Gasteiger partial charge is 0.0692 e. The topological polar surface area (TPSA) is 46.5 Å². The second-order valence-corrected chi connectivity index (χ2v) is 4.55. The van der Waals surface area contributed by atoms with Gasteiger partial charge in [-0.2, -0.15) is 0 Å². The summed E-state index contributed by atoms with van der Waals surface area (Å²) < 4.78 is 1.78. The molecule has 1 atom stereocenters. The van der Waals surface area contributed by atoms with E-state index in [1.54, 1.807) is 10.9 Å². The SMILES string of the molecule is C#CC(Cc1c[nH]c2ccccc12)Cn1ccnn1. The molecule has 3 aromatic rings. The van der Waals surface area contributed by atoms with E-state index in [0.717, 1.165) is 11.9 Å². The van der Waals surface area contributed by atoms with Crippen LogP contribution in [0, 0.1) is 18.3 Å². The van der Waals surface area contributed by atoms with Gasteiger partial charge in [0, 0.05) is 29.2 Å². The van der Waals surface area contributed by atoms with Crippen molar-refractivity contribution in [2.24, 2.45) is 5.92 Å². The maximum atomic E-state index is 5.63. The van der Waals surface area contributed by atoms with Crippen LogP contribution in [-0.4, -0.2) is 20.0 Å². The van der Waals surface area contributed by atoms with E-state index in [1.807, 2.05) is 24.5 Å². The van der Waals surface area contributed by atoms with Crippen LogP contribution >= 0.6 is 0 Å². The highest BCUT2D eigenvalue weighted by Crippen LogP contribution is 2.21. The third kappa shape index (κ3) is 2.36. The molecule has 4 nitrogen and oxygen atoms in total. The standard InChI is InChI=1S/C15H14N4/c1-2-12(11-19-8-7-17-18-19)9-13-10-16-15-6-4-3-5-14(13)15/h1,3-8,10,12,16H,9,11H2. The van der Waals surface area contributed by atoms with Crippen LogP contribution < -0.4 is 0 Å². The Kier molecular flexibility index (Phi) is 3.03. The first-order chi connectivity index (χ1) is 9.36. The fraction of sp³-hybridized carbons (Fsp3) is 0.200. The van der Waals surface area contributed by atoms with Crippen molar-refractivity contribution in [2.75, 3.05) is 0 Å². The predicted molar refractivity (Wildman–Crippen MR) is 74.3 cm³/mol. The average Bonchev–Trinajstić information content (AvgIpc) is 3.08. The van der Waals surface area contributed by atoms with E-state index in [0.29, 0.717) is 6.54 Å². The predicted octanol–water partition coefficient (Wildman–Crippen LogP) is 2.25. The van der Waals surface area contributed by atoms with Gasteiger partial charge in [-0.15, -0.1) is 17.4 Å². The summed E-state index contributed by atoms with van der Waals surface area (Å²) >= 11 is 0. The van der Waals surface area contributed by atoms with Crippen LogP contribution in [0.3, 0.4) is 0 Å². The monoisotopic (exact) mass is 250 g/mol. The van der Waals surface area contributed by atoms with Crippen LogP contribution in [0.25, 0.3) is 10.9 Å². The molecule has 0 spiro atoms. The zero-order chi connectivity index (χ0) is 13.1. The fourth-order valence-corrected chi connectivity index (χ4v) is 2.30. The molecule has 94 valence electrons. The van der Waals surface area contributed by atoms with Gasteiger partial charge in [-0.05, 0) is 18.1 Å².